The van der Waals surface area contributed by atoms with Gasteiger partial charge in [-0.25, -0.2) is 4.79 Å². The lowest BCUT2D eigenvalue weighted by atomic mass is 10.2. The predicted octanol–water partition coefficient (Wildman–Crippen LogP) is 2.47. The Balaban J connectivity index is 2.86. The zero-order valence-electron chi connectivity index (χ0n) is 15.9. The molecule has 0 atom stereocenters. The summed E-state index contributed by atoms with van der Waals surface area (Å²) in [6.45, 7) is 3.67. The molecular formula is C19H24N2O6. The number of carbonyl (C=O) groups excluding carboxylic acids is 1. The molecule has 8 nitrogen and oxygen atoms in total. The van der Waals surface area contributed by atoms with E-state index in [0.29, 0.717) is 29.4 Å². The number of aromatic hydroxyl groups is 1. The summed E-state index contributed by atoms with van der Waals surface area (Å²) in [6, 6.07) is 5.06. The molecule has 1 aromatic carbocycles. The van der Waals surface area contributed by atoms with Crippen molar-refractivity contribution in [2.75, 3.05) is 20.8 Å². The van der Waals surface area contributed by atoms with Crippen LogP contribution in [-0.2, 0) is 11.2 Å². The van der Waals surface area contributed by atoms with E-state index >= 15 is 0 Å². The summed E-state index contributed by atoms with van der Waals surface area (Å²) in [5.74, 6) is -0.532. The van der Waals surface area contributed by atoms with E-state index in [1.807, 2.05) is 6.92 Å². The number of methoxy groups -OCH3 is 2. The number of carbonyl (C=O) groups is 1. The summed E-state index contributed by atoms with van der Waals surface area (Å²) < 4.78 is 16.9. The van der Waals surface area contributed by atoms with Crippen LogP contribution in [0.15, 0.2) is 23.0 Å². The van der Waals surface area contributed by atoms with Crippen molar-refractivity contribution in [3.05, 3.63) is 39.9 Å². The van der Waals surface area contributed by atoms with E-state index in [4.69, 9.17) is 14.2 Å². The van der Waals surface area contributed by atoms with Gasteiger partial charge in [0.05, 0.1) is 20.8 Å². The highest BCUT2D eigenvalue weighted by atomic mass is 16.5. The fraction of sp³-hybridized carbons (Fsp3) is 0.421. The molecule has 1 aromatic heterocycles. The quantitative estimate of drug-likeness (QED) is 0.707. The molecule has 0 saturated heterocycles. The van der Waals surface area contributed by atoms with Crippen molar-refractivity contribution >= 4 is 5.97 Å². The number of ether oxygens (including phenoxy) is 3. The third kappa shape index (κ3) is 4.05. The second-order valence-electron chi connectivity index (χ2n) is 5.70. The fourth-order valence-corrected chi connectivity index (χ4v) is 2.72. The van der Waals surface area contributed by atoms with Crippen LogP contribution in [0.3, 0.4) is 0 Å². The zero-order valence-corrected chi connectivity index (χ0v) is 15.9. The summed E-state index contributed by atoms with van der Waals surface area (Å²) in [5, 5.41) is 10.2. The van der Waals surface area contributed by atoms with Crippen LogP contribution in [0.1, 0.15) is 42.9 Å². The van der Waals surface area contributed by atoms with E-state index in [1.165, 1.54) is 18.8 Å². The first-order valence-electron chi connectivity index (χ1n) is 8.73. The summed E-state index contributed by atoms with van der Waals surface area (Å²) in [6.07, 6.45) is 2.02. The number of hydrogen-bond acceptors (Lipinski definition) is 7. The van der Waals surface area contributed by atoms with E-state index in [-0.39, 0.29) is 6.61 Å². The molecular weight excluding hydrogens is 352 g/mol. The Hall–Kier alpha value is -3.03. The average molecular weight is 376 g/mol. The average Bonchev–Trinajstić information content (AvgIpc) is 2.66. The molecule has 27 heavy (non-hydrogen) atoms. The van der Waals surface area contributed by atoms with Gasteiger partial charge in [0.25, 0.3) is 5.56 Å². The van der Waals surface area contributed by atoms with Crippen LogP contribution in [0, 0.1) is 0 Å². The molecule has 0 radical (unpaired) electrons. The molecule has 8 heteroatoms. The molecule has 0 aliphatic rings. The lowest BCUT2D eigenvalue weighted by molar-refractivity contribution is 0.0519. The summed E-state index contributed by atoms with van der Waals surface area (Å²) in [5.41, 5.74) is -0.948. The maximum Gasteiger partial charge on any atom is 0.349 e. The second-order valence-corrected chi connectivity index (χ2v) is 5.70. The van der Waals surface area contributed by atoms with Crippen molar-refractivity contribution in [2.45, 2.75) is 33.1 Å². The molecule has 1 heterocycles. The van der Waals surface area contributed by atoms with Crippen LogP contribution in [0.25, 0.3) is 5.69 Å². The monoisotopic (exact) mass is 376 g/mol. The van der Waals surface area contributed by atoms with Crippen molar-refractivity contribution in [3.63, 3.8) is 0 Å². The molecule has 0 unspecified atom stereocenters. The summed E-state index contributed by atoms with van der Waals surface area (Å²) in [7, 11) is 2.93. The molecule has 0 amide bonds. The van der Waals surface area contributed by atoms with Crippen LogP contribution in [0.2, 0.25) is 0 Å². The molecule has 0 bridgehead atoms. The van der Waals surface area contributed by atoms with Crippen LogP contribution in [0.5, 0.6) is 17.4 Å². The highest BCUT2D eigenvalue weighted by Gasteiger charge is 2.26. The zero-order chi connectivity index (χ0) is 20.0. The third-order valence-corrected chi connectivity index (χ3v) is 3.99. The van der Waals surface area contributed by atoms with Gasteiger partial charge >= 0.3 is 5.97 Å². The van der Waals surface area contributed by atoms with Crippen molar-refractivity contribution in [3.8, 4) is 23.1 Å². The van der Waals surface area contributed by atoms with Gasteiger partial charge in [0.2, 0.25) is 5.88 Å². The molecule has 0 spiro atoms. The van der Waals surface area contributed by atoms with E-state index in [2.05, 4.69) is 4.98 Å². The Morgan fingerprint density at radius 2 is 1.81 bits per heavy atom. The van der Waals surface area contributed by atoms with E-state index in [0.717, 1.165) is 12.8 Å². The fourth-order valence-electron chi connectivity index (χ4n) is 2.72. The van der Waals surface area contributed by atoms with Gasteiger partial charge in [-0.2, -0.15) is 4.98 Å². The highest BCUT2D eigenvalue weighted by Crippen LogP contribution is 2.33. The predicted molar refractivity (Wildman–Crippen MR) is 99.2 cm³/mol. The number of unbranched alkanes of at least 4 members (excludes halogenated alkanes) is 1. The van der Waals surface area contributed by atoms with Crippen LogP contribution in [0.4, 0.5) is 0 Å². The van der Waals surface area contributed by atoms with Gasteiger partial charge in [0.15, 0.2) is 5.56 Å². The minimum absolute atomic E-state index is 0.0628. The number of nitrogens with zero attached hydrogens (tertiary/aromatic N) is 2. The Morgan fingerprint density at radius 1 is 1.19 bits per heavy atom. The lowest BCUT2D eigenvalue weighted by Crippen LogP contribution is -2.30. The van der Waals surface area contributed by atoms with Gasteiger partial charge < -0.3 is 19.3 Å². The van der Waals surface area contributed by atoms with Crippen LogP contribution >= 0.6 is 0 Å². The third-order valence-electron chi connectivity index (χ3n) is 3.99. The first kappa shape index (κ1) is 20.3. The number of aryl methyl sites for hydroxylation is 1. The number of para-hydroxylation sites is 1. The molecule has 0 aliphatic carbocycles. The number of aromatic nitrogens is 2. The maximum absolute atomic E-state index is 13.2. The maximum atomic E-state index is 13.2. The topological polar surface area (TPSA) is 99.9 Å². The molecule has 1 N–H and O–H groups in total. The standard InChI is InChI=1S/C19H24N2O6/c1-5-7-11-14-20-17(22)15(19(24)27-6-2)18(23)21(14)16-12(25-3)9-8-10-13(16)26-4/h8-10,22H,5-7,11H2,1-4H3. The SMILES string of the molecule is CCCCc1nc(O)c(C(=O)OCC)c(=O)n1-c1c(OC)cccc1OC. The normalized spacial score (nSPS) is 10.5. The molecule has 0 fully saturated rings. The van der Waals surface area contributed by atoms with Crippen molar-refractivity contribution in [1.29, 1.82) is 0 Å². The van der Waals surface area contributed by atoms with Gasteiger partial charge in [-0.15, -0.1) is 0 Å². The van der Waals surface area contributed by atoms with Crippen LogP contribution < -0.4 is 15.0 Å². The number of benzene rings is 1. The Morgan fingerprint density at radius 3 is 2.33 bits per heavy atom. The van der Waals surface area contributed by atoms with Gasteiger partial charge in [0.1, 0.15) is 23.0 Å². The highest BCUT2D eigenvalue weighted by molar-refractivity contribution is 5.91. The van der Waals surface area contributed by atoms with Gasteiger partial charge in [-0.05, 0) is 25.5 Å². The first-order valence-corrected chi connectivity index (χ1v) is 8.73. The largest absolute Gasteiger partial charge is 0.494 e. The van der Waals surface area contributed by atoms with Gasteiger partial charge in [0, 0.05) is 6.42 Å². The summed E-state index contributed by atoms with van der Waals surface area (Å²) >= 11 is 0. The minimum Gasteiger partial charge on any atom is -0.494 e. The van der Waals surface area contributed by atoms with Crippen molar-refractivity contribution in [2.24, 2.45) is 0 Å². The molecule has 2 rings (SSSR count). The molecule has 2 aromatic rings. The Kier molecular flexibility index (Phi) is 6.81. The van der Waals surface area contributed by atoms with E-state index in [1.54, 1.807) is 25.1 Å². The van der Waals surface area contributed by atoms with Crippen molar-refractivity contribution < 1.29 is 24.1 Å². The van der Waals surface area contributed by atoms with Crippen molar-refractivity contribution in [1.82, 2.24) is 9.55 Å². The Labute approximate surface area is 157 Å². The van der Waals surface area contributed by atoms with Gasteiger partial charge in [-0.3, -0.25) is 9.36 Å². The minimum atomic E-state index is -0.933. The smallest absolute Gasteiger partial charge is 0.349 e. The van der Waals surface area contributed by atoms with Crippen LogP contribution in [-0.4, -0.2) is 41.5 Å². The lowest BCUT2D eigenvalue weighted by Gasteiger charge is -2.19. The van der Waals surface area contributed by atoms with Gasteiger partial charge in [-0.1, -0.05) is 19.4 Å². The van der Waals surface area contributed by atoms with E-state index in [9.17, 15) is 14.7 Å². The number of esters is 1. The molecule has 0 saturated carbocycles. The Bertz CT molecular complexity index is 853. The number of hydrogen-bond donors (Lipinski definition) is 1. The second kappa shape index (κ2) is 9.07. The number of rotatable bonds is 8. The summed E-state index contributed by atoms with van der Waals surface area (Å²) in [4.78, 5) is 29.5. The molecule has 146 valence electrons. The first-order chi connectivity index (χ1) is 13.0. The van der Waals surface area contributed by atoms with E-state index < -0.39 is 23.0 Å². The molecule has 0 aliphatic heterocycles.